The molecule has 0 unspecified atom stereocenters. The molecule has 0 heterocycles. The second-order valence-electron chi connectivity index (χ2n) is 7.80. The normalized spacial score (nSPS) is 11.0. The lowest BCUT2D eigenvalue weighted by Gasteiger charge is -2.09. The minimum absolute atomic E-state index is 0.273. The molecule has 33 heavy (non-hydrogen) atoms. The van der Waals surface area contributed by atoms with Gasteiger partial charge in [0, 0.05) is 6.92 Å². The summed E-state index contributed by atoms with van der Waals surface area (Å²) in [6, 6.07) is 8.40. The molecule has 0 amide bonds. The quantitative estimate of drug-likeness (QED) is 0.172. The number of hydrogen-bond donors (Lipinski definition) is 0. The van der Waals surface area contributed by atoms with Crippen LogP contribution in [0.3, 0.4) is 0 Å². The van der Waals surface area contributed by atoms with E-state index < -0.39 is 0 Å². The first-order valence-corrected chi connectivity index (χ1v) is 12.4. The number of aryl methyl sites for hydroxylation is 1. The van der Waals surface area contributed by atoms with E-state index in [-0.39, 0.29) is 12.6 Å². The molecule has 0 atom stereocenters. The number of hydrogen-bond acceptors (Lipinski definition) is 7. The molecule has 0 aliphatic heterocycles. The van der Waals surface area contributed by atoms with Crippen LogP contribution in [0.1, 0.15) is 57.9 Å². The Morgan fingerprint density at radius 1 is 0.636 bits per heavy atom. The number of carbonyl (C=O) groups excluding carboxylic acids is 1. The molecule has 0 N–H and O–H groups in total. The molecule has 0 aliphatic rings. The van der Waals surface area contributed by atoms with Gasteiger partial charge < -0.3 is 28.4 Å². The summed E-state index contributed by atoms with van der Waals surface area (Å²) in [7, 11) is 0. The van der Waals surface area contributed by atoms with Crippen molar-refractivity contribution in [1.29, 1.82) is 0 Å². The van der Waals surface area contributed by atoms with Crippen LogP contribution in [0, 0.1) is 0 Å². The number of esters is 1. The van der Waals surface area contributed by atoms with Gasteiger partial charge in [0.2, 0.25) is 0 Å². The Morgan fingerprint density at radius 2 is 1.12 bits per heavy atom. The first-order chi connectivity index (χ1) is 16.2. The van der Waals surface area contributed by atoms with Gasteiger partial charge >= 0.3 is 5.97 Å². The predicted molar refractivity (Wildman–Crippen MR) is 129 cm³/mol. The fourth-order valence-corrected chi connectivity index (χ4v) is 3.09. The molecule has 0 aliphatic carbocycles. The van der Waals surface area contributed by atoms with Gasteiger partial charge in [-0.05, 0) is 30.5 Å². The molecule has 1 rings (SSSR count). The Hall–Kier alpha value is -1.67. The van der Waals surface area contributed by atoms with Crippen LogP contribution in [-0.4, -0.2) is 72.0 Å². The highest BCUT2D eigenvalue weighted by Crippen LogP contribution is 2.15. The molecule has 0 radical (unpaired) electrons. The van der Waals surface area contributed by atoms with E-state index in [1.165, 1.54) is 51.0 Å². The van der Waals surface area contributed by atoms with Crippen LogP contribution < -0.4 is 4.74 Å². The van der Waals surface area contributed by atoms with Gasteiger partial charge in [0.25, 0.3) is 0 Å². The number of ether oxygens (including phenoxy) is 6. The molecule has 0 aromatic heterocycles. The van der Waals surface area contributed by atoms with E-state index in [2.05, 4.69) is 19.1 Å². The molecule has 7 nitrogen and oxygen atoms in total. The number of unbranched alkanes of at least 4 members (excludes halogenated alkanes) is 5. The highest BCUT2D eigenvalue weighted by Gasteiger charge is 1.98. The van der Waals surface area contributed by atoms with E-state index in [1.807, 2.05) is 12.1 Å². The van der Waals surface area contributed by atoms with Crippen LogP contribution >= 0.6 is 0 Å². The van der Waals surface area contributed by atoms with Crippen molar-refractivity contribution < 1.29 is 33.2 Å². The van der Waals surface area contributed by atoms with Crippen molar-refractivity contribution in [3.63, 3.8) is 0 Å². The monoisotopic (exact) mass is 468 g/mol. The van der Waals surface area contributed by atoms with E-state index >= 15 is 0 Å². The summed E-state index contributed by atoms with van der Waals surface area (Å²) in [6.07, 6.45) is 9.11. The summed E-state index contributed by atoms with van der Waals surface area (Å²) in [5, 5.41) is 0. The van der Waals surface area contributed by atoms with Crippen LogP contribution in [0.15, 0.2) is 24.3 Å². The Balaban J connectivity index is 1.84. The van der Waals surface area contributed by atoms with E-state index in [1.54, 1.807) is 0 Å². The topological polar surface area (TPSA) is 72.5 Å². The first-order valence-electron chi connectivity index (χ1n) is 12.4. The summed E-state index contributed by atoms with van der Waals surface area (Å²) in [5.74, 6) is 0.584. The van der Waals surface area contributed by atoms with E-state index in [9.17, 15) is 4.79 Å². The Kier molecular flexibility index (Phi) is 19.7. The van der Waals surface area contributed by atoms with Gasteiger partial charge in [-0.15, -0.1) is 0 Å². The zero-order valence-corrected chi connectivity index (χ0v) is 20.7. The van der Waals surface area contributed by atoms with Crippen molar-refractivity contribution in [1.82, 2.24) is 0 Å². The van der Waals surface area contributed by atoms with Gasteiger partial charge in [0.1, 0.15) is 19.0 Å². The highest BCUT2D eigenvalue weighted by atomic mass is 16.6. The smallest absolute Gasteiger partial charge is 0.302 e. The molecule has 190 valence electrons. The second kappa shape index (κ2) is 22.1. The largest absolute Gasteiger partial charge is 0.491 e. The van der Waals surface area contributed by atoms with Crippen molar-refractivity contribution in [3.05, 3.63) is 29.8 Å². The summed E-state index contributed by atoms with van der Waals surface area (Å²) in [5.41, 5.74) is 1.38. The molecular formula is C26H44O7. The summed E-state index contributed by atoms with van der Waals surface area (Å²) in [6.45, 7) is 8.35. The van der Waals surface area contributed by atoms with Crippen molar-refractivity contribution in [2.24, 2.45) is 0 Å². The highest BCUT2D eigenvalue weighted by molar-refractivity contribution is 5.65. The predicted octanol–water partition coefficient (Wildman–Crippen LogP) is 4.60. The molecule has 0 bridgehead atoms. The Morgan fingerprint density at radius 3 is 1.67 bits per heavy atom. The van der Waals surface area contributed by atoms with E-state index in [4.69, 9.17) is 28.4 Å². The standard InChI is InChI=1S/C26H44O7/c1-3-4-5-6-7-8-9-25-10-12-26(13-11-25)33-23-21-31-19-17-29-15-14-28-16-18-30-20-22-32-24(2)27/h10-13H,3-9,14-23H2,1-2H3. The zero-order valence-electron chi connectivity index (χ0n) is 20.7. The lowest BCUT2D eigenvalue weighted by molar-refractivity contribution is -0.142. The van der Waals surface area contributed by atoms with Gasteiger partial charge in [0.05, 0.1) is 52.9 Å². The number of rotatable bonds is 23. The van der Waals surface area contributed by atoms with Crippen molar-refractivity contribution in [2.45, 2.75) is 58.8 Å². The van der Waals surface area contributed by atoms with Crippen LogP contribution in [0.25, 0.3) is 0 Å². The Bertz CT molecular complexity index is 562. The molecule has 0 fully saturated rings. The van der Waals surface area contributed by atoms with Gasteiger partial charge in [0.15, 0.2) is 0 Å². The summed E-state index contributed by atoms with van der Waals surface area (Å²) < 4.78 is 32.1. The van der Waals surface area contributed by atoms with Crippen LogP contribution in [0.4, 0.5) is 0 Å². The van der Waals surface area contributed by atoms with Crippen molar-refractivity contribution >= 4 is 5.97 Å². The van der Waals surface area contributed by atoms with E-state index in [0.29, 0.717) is 59.5 Å². The van der Waals surface area contributed by atoms with Gasteiger partial charge in [-0.25, -0.2) is 0 Å². The maximum atomic E-state index is 10.6. The van der Waals surface area contributed by atoms with Gasteiger partial charge in [-0.1, -0.05) is 51.2 Å². The average Bonchev–Trinajstić information content (AvgIpc) is 2.81. The van der Waals surface area contributed by atoms with Crippen molar-refractivity contribution in [2.75, 3.05) is 66.1 Å². The molecule has 7 heteroatoms. The average molecular weight is 469 g/mol. The molecule has 1 aromatic carbocycles. The molecule has 0 spiro atoms. The van der Waals surface area contributed by atoms with Gasteiger partial charge in [-0.2, -0.15) is 0 Å². The third-order valence-corrected chi connectivity index (χ3v) is 4.89. The Labute approximate surface area is 200 Å². The van der Waals surface area contributed by atoms with Crippen LogP contribution in [0.2, 0.25) is 0 Å². The minimum Gasteiger partial charge on any atom is -0.491 e. The molecular weight excluding hydrogens is 424 g/mol. The lowest BCUT2D eigenvalue weighted by atomic mass is 10.0. The first kappa shape index (κ1) is 29.4. The van der Waals surface area contributed by atoms with Crippen molar-refractivity contribution in [3.8, 4) is 5.75 Å². The lowest BCUT2D eigenvalue weighted by Crippen LogP contribution is -2.14. The molecule has 0 saturated heterocycles. The van der Waals surface area contributed by atoms with Crippen LogP contribution in [0.5, 0.6) is 5.75 Å². The number of benzene rings is 1. The fourth-order valence-electron chi connectivity index (χ4n) is 3.09. The molecule has 1 aromatic rings. The molecule has 0 saturated carbocycles. The minimum atomic E-state index is -0.299. The van der Waals surface area contributed by atoms with Crippen LogP contribution in [-0.2, 0) is 34.9 Å². The van der Waals surface area contributed by atoms with Gasteiger partial charge in [-0.3, -0.25) is 4.79 Å². The number of carbonyl (C=O) groups is 1. The summed E-state index contributed by atoms with van der Waals surface area (Å²) in [4.78, 5) is 10.6. The zero-order chi connectivity index (χ0) is 23.8. The second-order valence-corrected chi connectivity index (χ2v) is 7.80. The maximum absolute atomic E-state index is 10.6. The third-order valence-electron chi connectivity index (χ3n) is 4.89. The summed E-state index contributed by atoms with van der Waals surface area (Å²) >= 11 is 0. The third kappa shape index (κ3) is 19.5. The maximum Gasteiger partial charge on any atom is 0.302 e. The fraction of sp³-hybridized carbons (Fsp3) is 0.731. The van der Waals surface area contributed by atoms with E-state index in [0.717, 1.165) is 12.2 Å². The SMILES string of the molecule is CCCCCCCCc1ccc(OCCOCCOCCOCCOCCOC(C)=O)cc1.